The van der Waals surface area contributed by atoms with Gasteiger partial charge in [0.05, 0.1) is 6.54 Å². The first-order chi connectivity index (χ1) is 8.97. The zero-order valence-corrected chi connectivity index (χ0v) is 12.1. The maximum Gasteiger partial charge on any atom is 0.339 e. The Kier molecular flexibility index (Phi) is 3.90. The van der Waals surface area contributed by atoms with Crippen molar-refractivity contribution in [2.45, 2.75) is 13.5 Å². The first kappa shape index (κ1) is 13.6. The normalized spacial score (nSPS) is 10.5. The molecule has 0 atom stereocenters. The summed E-state index contributed by atoms with van der Waals surface area (Å²) < 4.78 is 6.11. The molecule has 0 saturated heterocycles. The minimum absolute atomic E-state index is 0.153. The Morgan fingerprint density at radius 1 is 1.53 bits per heavy atom. The number of carbonyl (C=O) groups is 1. The van der Waals surface area contributed by atoms with Gasteiger partial charge in [0.1, 0.15) is 22.9 Å². The molecule has 2 rings (SSSR count). The fraction of sp³-hybridized carbons (Fsp3) is 0.231. The smallest absolute Gasteiger partial charge is 0.339 e. The van der Waals surface area contributed by atoms with Crippen molar-refractivity contribution in [3.63, 3.8) is 0 Å². The van der Waals surface area contributed by atoms with E-state index < -0.39 is 5.97 Å². The second-order valence-electron chi connectivity index (χ2n) is 4.20. The van der Waals surface area contributed by atoms with Gasteiger partial charge in [0, 0.05) is 17.7 Å². The highest BCUT2D eigenvalue weighted by Gasteiger charge is 2.16. The molecule has 0 aromatic carbocycles. The molecule has 0 aliphatic rings. The van der Waals surface area contributed by atoms with Crippen molar-refractivity contribution in [1.29, 1.82) is 0 Å². The fourth-order valence-corrected chi connectivity index (χ4v) is 2.10. The lowest BCUT2D eigenvalue weighted by Gasteiger charge is -2.18. The molecule has 0 spiro atoms. The Morgan fingerprint density at radius 3 is 2.84 bits per heavy atom. The van der Waals surface area contributed by atoms with Crippen LogP contribution in [0.1, 0.15) is 21.9 Å². The van der Waals surface area contributed by atoms with Gasteiger partial charge in [0.25, 0.3) is 0 Å². The molecule has 0 saturated carbocycles. The second kappa shape index (κ2) is 5.44. The SMILES string of the molecule is Cc1ccc(CN(C)c2ncc(Br)cc2C(=O)O)o1. The zero-order valence-electron chi connectivity index (χ0n) is 10.6. The predicted molar refractivity (Wildman–Crippen MR) is 74.4 cm³/mol. The number of furan rings is 1. The van der Waals surface area contributed by atoms with E-state index in [9.17, 15) is 9.90 Å². The standard InChI is InChI=1S/C13H13BrN2O3/c1-8-3-4-10(19-8)7-16(2)12-11(13(17)18)5-9(14)6-15-12/h3-6H,7H2,1-2H3,(H,17,18). The van der Waals surface area contributed by atoms with Crippen LogP contribution in [-0.2, 0) is 6.54 Å². The van der Waals surface area contributed by atoms with E-state index in [-0.39, 0.29) is 5.56 Å². The van der Waals surface area contributed by atoms with Crippen molar-refractivity contribution in [2.75, 3.05) is 11.9 Å². The van der Waals surface area contributed by atoms with Gasteiger partial charge in [-0.3, -0.25) is 0 Å². The summed E-state index contributed by atoms with van der Waals surface area (Å²) in [4.78, 5) is 17.1. The summed E-state index contributed by atoms with van der Waals surface area (Å²) in [7, 11) is 1.78. The molecule has 0 aliphatic heterocycles. The van der Waals surface area contributed by atoms with Crippen LogP contribution in [-0.4, -0.2) is 23.1 Å². The highest BCUT2D eigenvalue weighted by molar-refractivity contribution is 9.10. The Hall–Kier alpha value is -1.82. The van der Waals surface area contributed by atoms with Crippen LogP contribution in [0.3, 0.4) is 0 Å². The number of rotatable bonds is 4. The average Bonchev–Trinajstić information content (AvgIpc) is 2.74. The number of pyridine rings is 1. The maximum atomic E-state index is 11.2. The van der Waals surface area contributed by atoms with Crippen LogP contribution < -0.4 is 4.90 Å². The minimum Gasteiger partial charge on any atom is -0.478 e. The van der Waals surface area contributed by atoms with Crippen LogP contribution in [0.15, 0.2) is 33.3 Å². The number of hydrogen-bond acceptors (Lipinski definition) is 4. The summed E-state index contributed by atoms with van der Waals surface area (Å²) in [5, 5.41) is 9.20. The molecule has 2 aromatic rings. The summed E-state index contributed by atoms with van der Waals surface area (Å²) >= 11 is 3.22. The topological polar surface area (TPSA) is 66.6 Å². The van der Waals surface area contributed by atoms with Gasteiger partial charge in [0.15, 0.2) is 0 Å². The number of carboxylic acids is 1. The molecule has 100 valence electrons. The Bertz CT molecular complexity index is 610. The van der Waals surface area contributed by atoms with Gasteiger partial charge in [0.2, 0.25) is 0 Å². The molecule has 0 radical (unpaired) electrons. The molecular formula is C13H13BrN2O3. The predicted octanol–water partition coefficient (Wildman–Crippen LogP) is 3.08. The van der Waals surface area contributed by atoms with Crippen molar-refractivity contribution >= 4 is 27.7 Å². The van der Waals surface area contributed by atoms with Crippen molar-refractivity contribution in [3.8, 4) is 0 Å². The van der Waals surface area contributed by atoms with E-state index in [1.165, 1.54) is 6.07 Å². The average molecular weight is 325 g/mol. The number of nitrogens with zero attached hydrogens (tertiary/aromatic N) is 2. The van der Waals surface area contributed by atoms with E-state index in [0.29, 0.717) is 16.8 Å². The van der Waals surface area contributed by atoms with Crippen LogP contribution in [0.25, 0.3) is 0 Å². The molecule has 5 nitrogen and oxygen atoms in total. The summed E-state index contributed by atoms with van der Waals surface area (Å²) in [5.74, 6) is 0.989. The Morgan fingerprint density at radius 2 is 2.26 bits per heavy atom. The summed E-state index contributed by atoms with van der Waals surface area (Å²) in [5.41, 5.74) is 0.153. The van der Waals surface area contributed by atoms with E-state index in [0.717, 1.165) is 11.5 Å². The van der Waals surface area contributed by atoms with Gasteiger partial charge in [-0.15, -0.1) is 0 Å². The molecule has 2 heterocycles. The lowest BCUT2D eigenvalue weighted by molar-refractivity contribution is 0.0697. The first-order valence-electron chi connectivity index (χ1n) is 5.62. The van der Waals surface area contributed by atoms with Gasteiger partial charge in [-0.25, -0.2) is 9.78 Å². The molecular weight excluding hydrogens is 312 g/mol. The highest BCUT2D eigenvalue weighted by atomic mass is 79.9. The molecule has 0 aliphatic carbocycles. The summed E-state index contributed by atoms with van der Waals surface area (Å²) in [6, 6.07) is 5.27. The van der Waals surface area contributed by atoms with E-state index in [1.807, 2.05) is 19.1 Å². The van der Waals surface area contributed by atoms with Crippen molar-refractivity contribution in [3.05, 3.63) is 46.0 Å². The summed E-state index contributed by atoms with van der Waals surface area (Å²) in [6.45, 7) is 2.33. The third kappa shape index (κ3) is 3.14. The van der Waals surface area contributed by atoms with Gasteiger partial charge in [-0.2, -0.15) is 0 Å². The lowest BCUT2D eigenvalue weighted by atomic mass is 10.2. The van der Waals surface area contributed by atoms with Crippen molar-refractivity contribution in [2.24, 2.45) is 0 Å². The summed E-state index contributed by atoms with van der Waals surface area (Å²) in [6.07, 6.45) is 1.58. The molecule has 19 heavy (non-hydrogen) atoms. The largest absolute Gasteiger partial charge is 0.478 e. The van der Waals surface area contributed by atoms with Crippen LogP contribution >= 0.6 is 15.9 Å². The lowest BCUT2D eigenvalue weighted by Crippen LogP contribution is -2.20. The van der Waals surface area contributed by atoms with Gasteiger partial charge >= 0.3 is 5.97 Å². The van der Waals surface area contributed by atoms with E-state index in [4.69, 9.17) is 4.42 Å². The fourth-order valence-electron chi connectivity index (χ4n) is 1.77. The van der Waals surface area contributed by atoms with Crippen LogP contribution in [0.2, 0.25) is 0 Å². The Balaban J connectivity index is 2.28. The first-order valence-corrected chi connectivity index (χ1v) is 6.42. The molecule has 0 fully saturated rings. The highest BCUT2D eigenvalue weighted by Crippen LogP contribution is 2.22. The number of aromatic carboxylic acids is 1. The number of anilines is 1. The van der Waals surface area contributed by atoms with Gasteiger partial charge in [-0.1, -0.05) is 0 Å². The third-order valence-corrected chi connectivity index (χ3v) is 3.05. The molecule has 0 bridgehead atoms. The Labute approximate surface area is 119 Å². The van der Waals surface area contributed by atoms with Gasteiger partial charge in [-0.05, 0) is 41.1 Å². The minimum atomic E-state index is -1.01. The van der Waals surface area contributed by atoms with E-state index in [1.54, 1.807) is 18.1 Å². The van der Waals surface area contributed by atoms with Crippen LogP contribution in [0.4, 0.5) is 5.82 Å². The second-order valence-corrected chi connectivity index (χ2v) is 5.11. The van der Waals surface area contributed by atoms with Crippen LogP contribution in [0, 0.1) is 6.92 Å². The molecule has 0 amide bonds. The molecule has 0 unspecified atom stereocenters. The number of aromatic nitrogens is 1. The van der Waals surface area contributed by atoms with Crippen molar-refractivity contribution in [1.82, 2.24) is 4.98 Å². The number of halogens is 1. The number of aryl methyl sites for hydroxylation is 1. The van der Waals surface area contributed by atoms with E-state index >= 15 is 0 Å². The molecule has 2 aromatic heterocycles. The molecule has 1 N–H and O–H groups in total. The zero-order chi connectivity index (χ0) is 14.0. The number of carboxylic acid groups (broad SMARTS) is 1. The molecule has 6 heteroatoms. The number of hydrogen-bond donors (Lipinski definition) is 1. The maximum absolute atomic E-state index is 11.2. The van der Waals surface area contributed by atoms with Crippen LogP contribution in [0.5, 0.6) is 0 Å². The van der Waals surface area contributed by atoms with E-state index in [2.05, 4.69) is 20.9 Å². The monoisotopic (exact) mass is 324 g/mol. The van der Waals surface area contributed by atoms with Crippen molar-refractivity contribution < 1.29 is 14.3 Å². The van der Waals surface area contributed by atoms with Gasteiger partial charge < -0.3 is 14.4 Å². The third-order valence-electron chi connectivity index (χ3n) is 2.61. The quantitative estimate of drug-likeness (QED) is 0.936.